The second-order valence-electron chi connectivity index (χ2n) is 6.77. The Morgan fingerprint density at radius 3 is 2.77 bits per heavy atom. The molecule has 0 fully saturated rings. The summed E-state index contributed by atoms with van der Waals surface area (Å²) in [6.45, 7) is 3.03. The van der Waals surface area contributed by atoms with Crippen molar-refractivity contribution in [2.45, 2.75) is 42.9 Å². The average Bonchev–Trinajstić information content (AvgIpc) is 3.18. The third-order valence-electron chi connectivity index (χ3n) is 5.06. The lowest BCUT2D eigenvalue weighted by Crippen LogP contribution is -2.13. The number of Topliss-reactive ketones (excluding diaryl/α,β-unsaturated/α-hetero) is 1. The van der Waals surface area contributed by atoms with Gasteiger partial charge in [-0.3, -0.25) is 4.79 Å². The minimum absolute atomic E-state index is 0.293. The van der Waals surface area contributed by atoms with Gasteiger partial charge in [-0.25, -0.2) is 4.98 Å². The van der Waals surface area contributed by atoms with Crippen LogP contribution in [0.4, 0.5) is 0 Å². The molecule has 0 saturated carbocycles. The molecule has 0 bridgehead atoms. The highest BCUT2D eigenvalue weighted by Crippen LogP contribution is 2.40. The van der Waals surface area contributed by atoms with Gasteiger partial charge in [0.1, 0.15) is 0 Å². The summed E-state index contributed by atoms with van der Waals surface area (Å²) in [4.78, 5) is 17.6. The number of imidazole rings is 1. The van der Waals surface area contributed by atoms with Crippen LogP contribution < -0.4 is 0 Å². The van der Waals surface area contributed by atoms with Gasteiger partial charge in [0.25, 0.3) is 0 Å². The van der Waals surface area contributed by atoms with Crippen LogP contribution in [0, 0.1) is 6.92 Å². The van der Waals surface area contributed by atoms with Crippen molar-refractivity contribution in [1.82, 2.24) is 9.55 Å². The van der Waals surface area contributed by atoms with E-state index >= 15 is 0 Å². The van der Waals surface area contributed by atoms with E-state index in [9.17, 15) is 4.79 Å². The van der Waals surface area contributed by atoms with E-state index in [0.29, 0.717) is 17.5 Å². The Labute approximate surface area is 158 Å². The molecule has 132 valence electrons. The number of hydrogen-bond acceptors (Lipinski definition) is 3. The summed E-state index contributed by atoms with van der Waals surface area (Å²) in [5.74, 6) is 0.295. The van der Waals surface area contributed by atoms with Gasteiger partial charge in [0.15, 0.2) is 5.78 Å². The quantitative estimate of drug-likeness (QED) is 0.582. The first-order valence-electron chi connectivity index (χ1n) is 9.05. The van der Waals surface area contributed by atoms with Crippen molar-refractivity contribution in [2.24, 2.45) is 0 Å². The fourth-order valence-corrected chi connectivity index (χ4v) is 4.92. The van der Waals surface area contributed by atoms with E-state index in [1.807, 2.05) is 36.5 Å². The van der Waals surface area contributed by atoms with Crippen LogP contribution in [0.1, 0.15) is 45.1 Å². The number of rotatable bonds is 5. The zero-order valence-electron chi connectivity index (χ0n) is 14.9. The summed E-state index contributed by atoms with van der Waals surface area (Å²) in [6.07, 6.45) is 8.37. The molecule has 3 nitrogen and oxygen atoms in total. The SMILES string of the molecule is Cc1c(S[C@H](Cn2ccnc2)c2ccccc2)ccc2c1CCCC2=O. The van der Waals surface area contributed by atoms with Crippen molar-refractivity contribution in [3.05, 3.63) is 83.4 Å². The first-order valence-corrected chi connectivity index (χ1v) is 9.93. The van der Waals surface area contributed by atoms with Gasteiger partial charge < -0.3 is 4.57 Å². The highest BCUT2D eigenvalue weighted by atomic mass is 32.2. The molecule has 2 aromatic carbocycles. The Bertz CT molecular complexity index is 903. The van der Waals surface area contributed by atoms with Crippen molar-refractivity contribution < 1.29 is 4.79 Å². The third-order valence-corrected chi connectivity index (χ3v) is 6.46. The zero-order chi connectivity index (χ0) is 17.9. The molecule has 1 atom stereocenters. The Balaban J connectivity index is 1.66. The largest absolute Gasteiger partial charge is 0.336 e. The first-order chi connectivity index (χ1) is 12.7. The van der Waals surface area contributed by atoms with E-state index in [0.717, 1.165) is 24.9 Å². The van der Waals surface area contributed by atoms with Crippen LogP contribution in [0.25, 0.3) is 0 Å². The smallest absolute Gasteiger partial charge is 0.163 e. The Morgan fingerprint density at radius 2 is 2.00 bits per heavy atom. The molecule has 0 radical (unpaired) electrons. The molecule has 4 rings (SSSR count). The first kappa shape index (κ1) is 17.1. The van der Waals surface area contributed by atoms with Gasteiger partial charge in [-0.05, 0) is 42.5 Å². The number of carbonyl (C=O) groups excluding carboxylic acids is 1. The summed E-state index contributed by atoms with van der Waals surface area (Å²) in [7, 11) is 0. The van der Waals surface area contributed by atoms with Crippen molar-refractivity contribution in [2.75, 3.05) is 0 Å². The number of nitrogens with zero attached hydrogens (tertiary/aromatic N) is 2. The molecule has 0 N–H and O–H groups in total. The molecule has 3 aromatic rings. The van der Waals surface area contributed by atoms with Gasteiger partial charge in [0, 0.05) is 35.8 Å². The molecule has 1 heterocycles. The molecule has 0 aliphatic heterocycles. The summed E-state index contributed by atoms with van der Waals surface area (Å²) < 4.78 is 2.13. The number of ketones is 1. The number of thioether (sulfide) groups is 1. The highest BCUT2D eigenvalue weighted by Gasteiger charge is 2.22. The predicted octanol–water partition coefficient (Wildman–Crippen LogP) is 5.24. The van der Waals surface area contributed by atoms with Crippen molar-refractivity contribution in [1.29, 1.82) is 0 Å². The fourth-order valence-electron chi connectivity index (χ4n) is 3.62. The molecule has 1 aromatic heterocycles. The Hall–Kier alpha value is -2.33. The summed E-state index contributed by atoms with van der Waals surface area (Å²) in [6, 6.07) is 14.8. The molecule has 1 aliphatic carbocycles. The lowest BCUT2D eigenvalue weighted by atomic mass is 9.88. The molecule has 1 aliphatic rings. The van der Waals surface area contributed by atoms with E-state index in [1.165, 1.54) is 21.6 Å². The van der Waals surface area contributed by atoms with Gasteiger partial charge in [0.2, 0.25) is 0 Å². The maximum Gasteiger partial charge on any atom is 0.163 e. The number of carbonyl (C=O) groups is 1. The van der Waals surface area contributed by atoms with E-state index in [4.69, 9.17) is 0 Å². The number of benzene rings is 2. The van der Waals surface area contributed by atoms with E-state index < -0.39 is 0 Å². The van der Waals surface area contributed by atoms with Crippen molar-refractivity contribution in [3.8, 4) is 0 Å². The fraction of sp³-hybridized carbons (Fsp3) is 0.273. The highest BCUT2D eigenvalue weighted by molar-refractivity contribution is 7.99. The number of fused-ring (bicyclic) bond motifs is 1. The zero-order valence-corrected chi connectivity index (χ0v) is 15.7. The Kier molecular flexibility index (Phi) is 4.93. The van der Waals surface area contributed by atoms with Gasteiger partial charge >= 0.3 is 0 Å². The van der Waals surface area contributed by atoms with Gasteiger partial charge in [-0.2, -0.15) is 0 Å². The lowest BCUT2D eigenvalue weighted by molar-refractivity contribution is 0.0972. The van der Waals surface area contributed by atoms with Crippen LogP contribution in [0.15, 0.2) is 66.1 Å². The van der Waals surface area contributed by atoms with Crippen LogP contribution >= 0.6 is 11.8 Å². The normalized spacial score (nSPS) is 14.9. The minimum atomic E-state index is 0.293. The van der Waals surface area contributed by atoms with Gasteiger partial charge in [-0.1, -0.05) is 36.4 Å². The topological polar surface area (TPSA) is 34.9 Å². The van der Waals surface area contributed by atoms with E-state index in [-0.39, 0.29) is 0 Å². The molecular formula is C22H22N2OS. The van der Waals surface area contributed by atoms with Crippen molar-refractivity contribution in [3.63, 3.8) is 0 Å². The van der Waals surface area contributed by atoms with Crippen LogP contribution in [0.2, 0.25) is 0 Å². The molecule has 0 unspecified atom stereocenters. The summed E-state index contributed by atoms with van der Waals surface area (Å²) in [5, 5.41) is 0.293. The second kappa shape index (κ2) is 7.50. The molecule has 0 amide bonds. The molecule has 26 heavy (non-hydrogen) atoms. The molecule has 0 saturated heterocycles. The maximum absolute atomic E-state index is 12.2. The summed E-state index contributed by atoms with van der Waals surface area (Å²) in [5.41, 5.74) is 4.76. The third kappa shape index (κ3) is 3.47. The van der Waals surface area contributed by atoms with Crippen LogP contribution in [-0.2, 0) is 13.0 Å². The van der Waals surface area contributed by atoms with Gasteiger partial charge in [-0.15, -0.1) is 11.8 Å². The monoisotopic (exact) mass is 362 g/mol. The standard InChI is InChI=1S/C22H22N2OS/c1-16-18-8-5-9-20(25)19(18)10-11-21(16)26-22(14-24-13-12-23-15-24)17-6-3-2-4-7-17/h2-4,6-7,10-13,15,22H,5,8-9,14H2,1H3/t22-/m1/s1. The molecule has 0 spiro atoms. The maximum atomic E-state index is 12.2. The lowest BCUT2D eigenvalue weighted by Gasteiger charge is -2.23. The number of aromatic nitrogens is 2. The molecule has 4 heteroatoms. The number of hydrogen-bond donors (Lipinski definition) is 0. The average molecular weight is 362 g/mol. The van der Waals surface area contributed by atoms with Crippen molar-refractivity contribution >= 4 is 17.5 Å². The predicted molar refractivity (Wildman–Crippen MR) is 106 cm³/mol. The summed E-state index contributed by atoms with van der Waals surface area (Å²) >= 11 is 1.88. The molecular weight excluding hydrogens is 340 g/mol. The van der Waals surface area contributed by atoms with E-state index in [1.54, 1.807) is 0 Å². The Morgan fingerprint density at radius 1 is 1.15 bits per heavy atom. The second-order valence-corrected chi connectivity index (χ2v) is 8.01. The van der Waals surface area contributed by atoms with Gasteiger partial charge in [0.05, 0.1) is 11.6 Å². The van der Waals surface area contributed by atoms with Crippen LogP contribution in [-0.4, -0.2) is 15.3 Å². The van der Waals surface area contributed by atoms with Crippen LogP contribution in [0.3, 0.4) is 0 Å². The minimum Gasteiger partial charge on any atom is -0.336 e. The van der Waals surface area contributed by atoms with E-state index in [2.05, 4.69) is 52.9 Å². The van der Waals surface area contributed by atoms with Crippen LogP contribution in [0.5, 0.6) is 0 Å².